The first-order chi connectivity index (χ1) is 26.1. The number of phosphoric ester groups is 3. The fourth-order valence-corrected chi connectivity index (χ4v) is 8.58. The van der Waals surface area contributed by atoms with Gasteiger partial charge < -0.3 is 50.9 Å². The Labute approximate surface area is 325 Å². The quantitative estimate of drug-likeness (QED) is 0.0245. The van der Waals surface area contributed by atoms with Crippen LogP contribution in [0.1, 0.15) is 26.5 Å². The third kappa shape index (κ3) is 15.0. The third-order valence-corrected chi connectivity index (χ3v) is 11.9. The van der Waals surface area contributed by atoms with Crippen molar-refractivity contribution in [3.63, 3.8) is 0 Å². The van der Waals surface area contributed by atoms with Crippen molar-refractivity contribution >= 4 is 85.0 Å². The number of anilines is 1. The maximum absolute atomic E-state index is 12.6. The maximum Gasteiger partial charge on any atom is 0.481 e. The molecule has 3 rings (SSSR count). The number of aliphatic hydroxyl groups excluding tert-OH is 2. The minimum atomic E-state index is -5.62. The average Bonchev–Trinajstić information content (AvgIpc) is 3.63. The lowest BCUT2D eigenvalue weighted by molar-refractivity contribution is -0.137. The summed E-state index contributed by atoms with van der Waals surface area (Å²) in [7, 11) is -21.2. The number of Topliss-reactive ketones (excluding diaryl/α,β-unsaturated/α-hetero) is 1. The number of hydrogen-bond donors (Lipinski definition) is 10. The van der Waals surface area contributed by atoms with E-state index in [0.29, 0.717) is 11.8 Å². The molecule has 0 aliphatic carbocycles. The Morgan fingerprint density at radius 1 is 1.05 bits per heavy atom. The average molecular weight is 918 g/mol. The summed E-state index contributed by atoms with van der Waals surface area (Å²) in [6, 6.07) is 0. The van der Waals surface area contributed by atoms with Crippen molar-refractivity contribution in [3.8, 4) is 0 Å². The van der Waals surface area contributed by atoms with Crippen LogP contribution in [0.5, 0.6) is 0 Å². The summed E-state index contributed by atoms with van der Waals surface area (Å²) < 4.78 is 91.7. The molecule has 1 aliphatic rings. The lowest BCUT2D eigenvalue weighted by Gasteiger charge is -2.30. The van der Waals surface area contributed by atoms with Crippen LogP contribution in [0.2, 0.25) is 0 Å². The van der Waals surface area contributed by atoms with Gasteiger partial charge >= 0.3 is 23.5 Å². The van der Waals surface area contributed by atoms with Gasteiger partial charge in [0.25, 0.3) is 15.2 Å². The molecule has 28 nitrogen and oxygen atoms in total. The van der Waals surface area contributed by atoms with Gasteiger partial charge in [0, 0.05) is 30.7 Å². The molecule has 322 valence electrons. The van der Waals surface area contributed by atoms with E-state index in [4.69, 9.17) is 24.1 Å². The summed E-state index contributed by atoms with van der Waals surface area (Å²) in [6.07, 6.45) is -7.35. The van der Waals surface area contributed by atoms with Gasteiger partial charge in [-0.15, -0.1) is 0 Å². The Morgan fingerprint density at radius 3 is 2.33 bits per heavy atom. The van der Waals surface area contributed by atoms with Gasteiger partial charge in [0.2, 0.25) is 17.6 Å². The molecule has 1 aliphatic heterocycles. The molecular formula is C24H38N7O21P3S2. The molecule has 0 radical (unpaired) electrons. The number of nitrogens with two attached hydrogens (primary N) is 1. The second-order valence-corrected chi connectivity index (χ2v) is 19.1. The molecule has 1 fully saturated rings. The minimum absolute atomic E-state index is 0.00577. The number of nitrogen functional groups attached to an aromatic ring is 1. The molecule has 2 aromatic rings. The number of aliphatic hydroxyl groups is 2. The molecule has 0 spiro atoms. The molecule has 2 amide bonds. The molecule has 3 heterocycles. The first-order valence-corrected chi connectivity index (χ1v) is 22.8. The van der Waals surface area contributed by atoms with Gasteiger partial charge in [-0.2, -0.15) is 12.7 Å². The van der Waals surface area contributed by atoms with Gasteiger partial charge in [-0.3, -0.25) is 41.9 Å². The van der Waals surface area contributed by atoms with E-state index in [0.717, 1.165) is 17.2 Å². The first kappa shape index (κ1) is 48.5. The number of phosphoric acid groups is 3. The van der Waals surface area contributed by atoms with Crippen LogP contribution in [0.25, 0.3) is 11.2 Å². The Bertz CT molecular complexity index is 2070. The lowest BCUT2D eigenvalue weighted by Crippen LogP contribution is -2.46. The number of nitrogens with one attached hydrogen (secondary N) is 2. The van der Waals surface area contributed by atoms with Crippen molar-refractivity contribution in [2.75, 3.05) is 43.5 Å². The number of aromatic nitrogens is 4. The van der Waals surface area contributed by atoms with Crippen LogP contribution in [0.15, 0.2) is 12.7 Å². The Kier molecular flexibility index (Phi) is 16.6. The molecular weight excluding hydrogens is 879 g/mol. The fourth-order valence-electron chi connectivity index (χ4n) is 4.58. The molecule has 11 N–H and O–H groups in total. The van der Waals surface area contributed by atoms with Crippen LogP contribution >= 0.6 is 35.2 Å². The highest BCUT2D eigenvalue weighted by Gasteiger charge is 2.50. The summed E-state index contributed by atoms with van der Waals surface area (Å²) in [4.78, 5) is 98.2. The Balaban J connectivity index is 1.48. The number of hydrogen-bond acceptors (Lipinski definition) is 21. The lowest BCUT2D eigenvalue weighted by atomic mass is 9.87. The van der Waals surface area contributed by atoms with Gasteiger partial charge in [0.15, 0.2) is 17.7 Å². The van der Waals surface area contributed by atoms with Crippen molar-refractivity contribution in [2.45, 2.75) is 50.9 Å². The Morgan fingerprint density at radius 2 is 1.70 bits per heavy atom. The van der Waals surface area contributed by atoms with Crippen LogP contribution in [0.3, 0.4) is 0 Å². The van der Waals surface area contributed by atoms with E-state index < -0.39 is 111 Å². The van der Waals surface area contributed by atoms with E-state index in [2.05, 4.69) is 34.4 Å². The van der Waals surface area contributed by atoms with Gasteiger partial charge in [-0.1, -0.05) is 25.6 Å². The second-order valence-electron chi connectivity index (χ2n) is 12.4. The van der Waals surface area contributed by atoms with E-state index in [9.17, 15) is 71.1 Å². The molecule has 0 bridgehead atoms. The molecule has 0 saturated carbocycles. The van der Waals surface area contributed by atoms with Crippen LogP contribution in [-0.2, 0) is 65.6 Å². The van der Waals surface area contributed by atoms with Crippen molar-refractivity contribution in [1.82, 2.24) is 30.2 Å². The van der Waals surface area contributed by atoms with Crippen molar-refractivity contribution in [1.29, 1.82) is 0 Å². The highest BCUT2D eigenvalue weighted by molar-refractivity contribution is 8.15. The number of amides is 2. The predicted molar refractivity (Wildman–Crippen MR) is 189 cm³/mol. The fraction of sp³-hybridized carbons (Fsp3) is 0.625. The van der Waals surface area contributed by atoms with Gasteiger partial charge in [-0.25, -0.2) is 28.6 Å². The minimum Gasteiger partial charge on any atom is -0.386 e. The number of ether oxygens (including phenoxy) is 1. The number of fused-ring (bicyclic) bond motifs is 1. The van der Waals surface area contributed by atoms with Gasteiger partial charge in [0.1, 0.15) is 42.0 Å². The zero-order valence-corrected chi connectivity index (χ0v) is 33.7. The SMILES string of the molecule is CC(C)(COP(=O)(O)OP(=O)(O)OCC1OC(n2cnc3c(N)ncnc32)C(O)C1OP(=O)(O)O)C(O)C(=O)NCCC(=O)NCCSC(=O)C(=O)CS(=O)(=O)O. The molecule has 7 unspecified atom stereocenters. The second kappa shape index (κ2) is 19.5. The molecule has 7 atom stereocenters. The summed E-state index contributed by atoms with van der Waals surface area (Å²) in [5, 5.41) is 24.8. The van der Waals surface area contributed by atoms with E-state index in [-0.39, 0.29) is 42.2 Å². The number of thioether (sulfide) groups is 1. The summed E-state index contributed by atoms with van der Waals surface area (Å²) in [6.45, 7) is -0.244. The van der Waals surface area contributed by atoms with Crippen LogP contribution < -0.4 is 16.4 Å². The zero-order chi connectivity index (χ0) is 43.1. The standard InChI is InChI=1S/C24H38N7O21P3S2/c1-24(2,18(35)21(36)27-4-3-14(33)26-5-6-56-23(37)12(32)8-57(45,46)47)9-49-55(43,44)52-54(41,42)48-7-13-17(51-53(38,39)40)16(34)22(50-13)31-11-30-15-19(25)28-10-29-20(15)31/h10-11,13,16-18,22,34-35H,3-9H2,1-2H3,(H,26,33)(H,27,36)(H,41,42)(H,43,44)(H2,25,28,29)(H2,38,39,40)(H,45,46,47). The molecule has 33 heteroatoms. The van der Waals surface area contributed by atoms with Crippen LogP contribution in [0.4, 0.5) is 5.82 Å². The number of nitrogens with zero attached hydrogens (tertiary/aromatic N) is 4. The van der Waals surface area contributed by atoms with Crippen molar-refractivity contribution in [2.24, 2.45) is 5.41 Å². The third-order valence-electron chi connectivity index (χ3n) is 7.28. The highest BCUT2D eigenvalue weighted by Crippen LogP contribution is 2.61. The van der Waals surface area contributed by atoms with Crippen molar-refractivity contribution < 1.29 is 98.2 Å². The predicted octanol–water partition coefficient (Wildman–Crippen LogP) is -2.88. The van der Waals surface area contributed by atoms with E-state index >= 15 is 0 Å². The zero-order valence-electron chi connectivity index (χ0n) is 29.4. The summed E-state index contributed by atoms with van der Waals surface area (Å²) in [5.41, 5.74) is 4.12. The number of rotatable bonds is 22. The van der Waals surface area contributed by atoms with E-state index in [1.165, 1.54) is 13.8 Å². The first-order valence-electron chi connectivity index (χ1n) is 15.7. The smallest absolute Gasteiger partial charge is 0.386 e. The monoisotopic (exact) mass is 917 g/mol. The molecule has 1 saturated heterocycles. The maximum atomic E-state index is 12.6. The van der Waals surface area contributed by atoms with E-state index in [1.54, 1.807) is 0 Å². The van der Waals surface area contributed by atoms with Crippen LogP contribution in [-0.4, -0.2) is 147 Å². The van der Waals surface area contributed by atoms with Crippen LogP contribution in [0, 0.1) is 5.41 Å². The topological polar surface area (TPSA) is 435 Å². The van der Waals surface area contributed by atoms with Gasteiger partial charge in [0.05, 0.1) is 19.5 Å². The number of imidazole rings is 1. The molecule has 57 heavy (non-hydrogen) atoms. The Hall–Kier alpha value is -2.86. The summed E-state index contributed by atoms with van der Waals surface area (Å²) >= 11 is 0.394. The highest BCUT2D eigenvalue weighted by atomic mass is 32.2. The largest absolute Gasteiger partial charge is 0.481 e. The summed E-state index contributed by atoms with van der Waals surface area (Å²) in [5.74, 6) is -4.67. The van der Waals surface area contributed by atoms with E-state index in [1.807, 2.05) is 0 Å². The number of carbonyl (C=O) groups excluding carboxylic acids is 4. The number of carbonyl (C=O) groups is 4. The molecule has 0 aromatic carbocycles. The normalized spacial score (nSPS) is 21.7. The number of ketones is 1. The molecule has 2 aromatic heterocycles. The van der Waals surface area contributed by atoms with Gasteiger partial charge in [-0.05, 0) is 0 Å². The van der Waals surface area contributed by atoms with Crippen molar-refractivity contribution in [3.05, 3.63) is 12.7 Å².